The molecule has 1 aliphatic rings. The number of H-pyrrole nitrogens is 1. The van der Waals surface area contributed by atoms with E-state index in [2.05, 4.69) is 44.1 Å². The van der Waals surface area contributed by atoms with Crippen molar-refractivity contribution in [3.8, 4) is 10.7 Å². The van der Waals surface area contributed by atoms with Crippen LogP contribution in [0.3, 0.4) is 0 Å². The molecule has 20 heavy (non-hydrogen) atoms. The van der Waals surface area contributed by atoms with Gasteiger partial charge in [0.05, 0.1) is 4.88 Å². The Labute approximate surface area is 128 Å². The van der Waals surface area contributed by atoms with Crippen LogP contribution in [0.15, 0.2) is 17.5 Å². The van der Waals surface area contributed by atoms with Gasteiger partial charge in [0.15, 0.2) is 10.6 Å². The van der Waals surface area contributed by atoms with Gasteiger partial charge in [0.1, 0.15) is 0 Å². The third-order valence-electron chi connectivity index (χ3n) is 3.91. The Bertz CT molecular complexity index is 591. The van der Waals surface area contributed by atoms with Crippen LogP contribution in [0.25, 0.3) is 10.7 Å². The fourth-order valence-electron chi connectivity index (χ4n) is 2.94. The lowest BCUT2D eigenvalue weighted by atomic mass is 10.0. The van der Waals surface area contributed by atoms with E-state index in [-0.39, 0.29) is 0 Å². The molecular weight excluding hydrogens is 288 g/mol. The van der Waals surface area contributed by atoms with E-state index in [0.29, 0.717) is 6.04 Å². The van der Waals surface area contributed by atoms with E-state index in [9.17, 15) is 0 Å². The number of aromatic nitrogens is 3. The molecule has 0 radical (unpaired) electrons. The summed E-state index contributed by atoms with van der Waals surface area (Å²) < 4.78 is 2.98. The SMILES string of the molecule is CCCN1CCC(n2c(-c3cccs3)n[nH]c2=S)CC1. The highest BCUT2D eigenvalue weighted by Gasteiger charge is 2.23. The first-order valence-corrected chi connectivity index (χ1v) is 8.51. The molecule has 0 amide bonds. The first-order chi connectivity index (χ1) is 9.79. The normalized spacial score (nSPS) is 17.6. The summed E-state index contributed by atoms with van der Waals surface area (Å²) in [6, 6.07) is 4.65. The number of hydrogen-bond donors (Lipinski definition) is 1. The maximum atomic E-state index is 5.44. The molecule has 2 aromatic heterocycles. The van der Waals surface area contributed by atoms with Crippen LogP contribution in [0.2, 0.25) is 0 Å². The lowest BCUT2D eigenvalue weighted by Crippen LogP contribution is -2.35. The van der Waals surface area contributed by atoms with Gasteiger partial charge >= 0.3 is 0 Å². The Morgan fingerprint density at radius 3 is 2.90 bits per heavy atom. The summed E-state index contributed by atoms with van der Waals surface area (Å²) in [7, 11) is 0. The quantitative estimate of drug-likeness (QED) is 0.875. The summed E-state index contributed by atoms with van der Waals surface area (Å²) in [6.45, 7) is 5.78. The fraction of sp³-hybridized carbons (Fsp3) is 0.571. The highest BCUT2D eigenvalue weighted by atomic mass is 32.1. The maximum absolute atomic E-state index is 5.44. The summed E-state index contributed by atoms with van der Waals surface area (Å²) in [6.07, 6.45) is 3.55. The van der Waals surface area contributed by atoms with Crippen molar-refractivity contribution >= 4 is 23.6 Å². The molecule has 6 heteroatoms. The molecule has 0 atom stereocenters. The highest BCUT2D eigenvalue weighted by Crippen LogP contribution is 2.30. The predicted octanol–water partition coefficient (Wildman–Crippen LogP) is 3.72. The van der Waals surface area contributed by atoms with Gasteiger partial charge in [-0.2, -0.15) is 5.10 Å². The highest BCUT2D eigenvalue weighted by molar-refractivity contribution is 7.71. The van der Waals surface area contributed by atoms with Gasteiger partial charge in [-0.05, 0) is 49.5 Å². The predicted molar refractivity (Wildman–Crippen MR) is 85.7 cm³/mol. The van der Waals surface area contributed by atoms with Crippen molar-refractivity contribution in [2.45, 2.75) is 32.2 Å². The van der Waals surface area contributed by atoms with E-state index in [1.165, 1.54) is 17.8 Å². The molecule has 0 unspecified atom stereocenters. The Hall–Kier alpha value is -0.980. The third kappa shape index (κ3) is 2.73. The summed E-state index contributed by atoms with van der Waals surface area (Å²) in [5, 5.41) is 9.48. The zero-order valence-corrected chi connectivity index (χ0v) is 13.3. The van der Waals surface area contributed by atoms with Crippen LogP contribution < -0.4 is 0 Å². The van der Waals surface area contributed by atoms with Crippen LogP contribution in [0.5, 0.6) is 0 Å². The minimum absolute atomic E-state index is 0.478. The third-order valence-corrected chi connectivity index (χ3v) is 5.06. The van der Waals surface area contributed by atoms with Crippen molar-refractivity contribution in [1.82, 2.24) is 19.7 Å². The molecule has 3 rings (SSSR count). The van der Waals surface area contributed by atoms with Crippen molar-refractivity contribution in [2.75, 3.05) is 19.6 Å². The zero-order valence-electron chi connectivity index (χ0n) is 11.7. The van der Waals surface area contributed by atoms with Crippen molar-refractivity contribution < 1.29 is 0 Å². The van der Waals surface area contributed by atoms with Crippen molar-refractivity contribution in [1.29, 1.82) is 0 Å². The number of hydrogen-bond acceptors (Lipinski definition) is 4. The van der Waals surface area contributed by atoms with Gasteiger partial charge in [-0.3, -0.25) is 9.67 Å². The molecule has 4 nitrogen and oxygen atoms in total. The van der Waals surface area contributed by atoms with Gasteiger partial charge in [0.2, 0.25) is 0 Å². The Kier molecular flexibility index (Phi) is 4.33. The standard InChI is InChI=1S/C14H20N4S2/c1-2-7-17-8-5-11(6-9-17)18-13(15-16-14(18)19)12-4-3-10-20-12/h3-4,10-11H,2,5-9H2,1H3,(H,16,19). The molecule has 0 aromatic carbocycles. The summed E-state index contributed by atoms with van der Waals surface area (Å²) in [5.41, 5.74) is 0. The van der Waals surface area contributed by atoms with E-state index in [1.54, 1.807) is 11.3 Å². The summed E-state index contributed by atoms with van der Waals surface area (Å²) in [5.74, 6) is 0.999. The van der Waals surface area contributed by atoms with Crippen LogP contribution >= 0.6 is 23.6 Å². The molecule has 0 bridgehead atoms. The van der Waals surface area contributed by atoms with Gasteiger partial charge < -0.3 is 4.90 Å². The van der Waals surface area contributed by atoms with Gasteiger partial charge in [-0.1, -0.05) is 13.0 Å². The number of piperidine rings is 1. The number of rotatable bonds is 4. The second-order valence-corrected chi connectivity index (χ2v) is 6.61. The van der Waals surface area contributed by atoms with E-state index in [0.717, 1.165) is 36.5 Å². The molecule has 1 N–H and O–H groups in total. The summed E-state index contributed by atoms with van der Waals surface area (Å²) >= 11 is 7.16. The van der Waals surface area contributed by atoms with E-state index >= 15 is 0 Å². The lowest BCUT2D eigenvalue weighted by molar-refractivity contribution is 0.187. The number of nitrogens with zero attached hydrogens (tertiary/aromatic N) is 3. The van der Waals surface area contributed by atoms with Crippen molar-refractivity contribution in [3.05, 3.63) is 22.3 Å². The first kappa shape index (κ1) is 14.0. The van der Waals surface area contributed by atoms with Gasteiger partial charge in [0, 0.05) is 19.1 Å². The van der Waals surface area contributed by atoms with Crippen LogP contribution in [0, 0.1) is 4.77 Å². The van der Waals surface area contributed by atoms with Gasteiger partial charge in [-0.15, -0.1) is 11.3 Å². The Morgan fingerprint density at radius 1 is 1.45 bits per heavy atom. The maximum Gasteiger partial charge on any atom is 0.195 e. The lowest BCUT2D eigenvalue weighted by Gasteiger charge is -2.32. The molecule has 2 aromatic rings. The molecule has 0 saturated carbocycles. The van der Waals surface area contributed by atoms with Crippen LogP contribution in [0.1, 0.15) is 32.2 Å². The van der Waals surface area contributed by atoms with Gasteiger partial charge in [0.25, 0.3) is 0 Å². The molecule has 3 heterocycles. The van der Waals surface area contributed by atoms with Crippen molar-refractivity contribution in [2.24, 2.45) is 0 Å². The molecule has 0 aliphatic carbocycles. The number of aromatic amines is 1. The zero-order chi connectivity index (χ0) is 13.9. The average molecular weight is 308 g/mol. The fourth-order valence-corrected chi connectivity index (χ4v) is 3.93. The van der Waals surface area contributed by atoms with Crippen LogP contribution in [0.4, 0.5) is 0 Å². The smallest absolute Gasteiger partial charge is 0.195 e. The molecular formula is C14H20N4S2. The molecule has 1 saturated heterocycles. The van der Waals surface area contributed by atoms with Gasteiger partial charge in [-0.25, -0.2) is 0 Å². The second kappa shape index (κ2) is 6.20. The van der Waals surface area contributed by atoms with E-state index < -0.39 is 0 Å². The first-order valence-electron chi connectivity index (χ1n) is 7.22. The number of thiophene rings is 1. The monoisotopic (exact) mass is 308 g/mol. The minimum atomic E-state index is 0.478. The van der Waals surface area contributed by atoms with E-state index in [1.807, 2.05) is 0 Å². The van der Waals surface area contributed by atoms with Crippen LogP contribution in [-0.2, 0) is 0 Å². The topological polar surface area (TPSA) is 36.9 Å². The largest absolute Gasteiger partial charge is 0.303 e. The van der Waals surface area contributed by atoms with E-state index in [4.69, 9.17) is 12.2 Å². The Balaban J connectivity index is 1.81. The Morgan fingerprint density at radius 2 is 2.25 bits per heavy atom. The van der Waals surface area contributed by atoms with Crippen molar-refractivity contribution in [3.63, 3.8) is 0 Å². The molecule has 0 spiro atoms. The minimum Gasteiger partial charge on any atom is -0.303 e. The van der Waals surface area contributed by atoms with Crippen LogP contribution in [-0.4, -0.2) is 39.3 Å². The molecule has 1 aliphatic heterocycles. The molecule has 108 valence electrons. The number of nitrogens with one attached hydrogen (secondary N) is 1. The molecule has 1 fully saturated rings. The average Bonchev–Trinajstić information content (AvgIpc) is 3.09. The summed E-state index contributed by atoms with van der Waals surface area (Å²) in [4.78, 5) is 3.73. The number of likely N-dealkylation sites (tertiary alicyclic amines) is 1. The second-order valence-electron chi connectivity index (χ2n) is 5.27.